The first-order chi connectivity index (χ1) is 4.76. The molecule has 0 rings (SSSR count). The molecule has 0 aliphatic carbocycles. The summed E-state index contributed by atoms with van der Waals surface area (Å²) in [5.74, 6) is 0. The van der Waals surface area contributed by atoms with E-state index in [9.17, 15) is 26.3 Å². The summed E-state index contributed by atoms with van der Waals surface area (Å²) in [7, 11) is 0. The van der Waals surface area contributed by atoms with E-state index in [-0.39, 0.29) is 0 Å². The first-order valence-corrected chi connectivity index (χ1v) is 2.44. The van der Waals surface area contributed by atoms with Gasteiger partial charge in [-0.05, 0) is 0 Å². The molecule has 11 heavy (non-hydrogen) atoms. The summed E-state index contributed by atoms with van der Waals surface area (Å²) < 4.78 is 67.8. The Labute approximate surface area is 57.6 Å². The van der Waals surface area contributed by atoms with E-state index in [1.807, 2.05) is 0 Å². The van der Waals surface area contributed by atoms with Crippen molar-refractivity contribution in [3.05, 3.63) is 0 Å². The lowest BCUT2D eigenvalue weighted by Gasteiger charge is -2.17. The van der Waals surface area contributed by atoms with Crippen LogP contribution in [-0.2, 0) is 0 Å². The monoisotopic (exact) mass is 182 g/mol. The summed E-state index contributed by atoms with van der Waals surface area (Å²) >= 11 is 0. The van der Waals surface area contributed by atoms with Gasteiger partial charge in [-0.25, -0.2) is 13.2 Å². The SMILES string of the molecule is O[C@H]([C@@H](F)C(F)F)C(F)(F)F. The average Bonchev–Trinajstić information content (AvgIpc) is 1.82. The van der Waals surface area contributed by atoms with E-state index in [1.165, 1.54) is 0 Å². The van der Waals surface area contributed by atoms with Gasteiger partial charge < -0.3 is 5.11 Å². The second kappa shape index (κ2) is 3.29. The predicted molar refractivity (Wildman–Crippen MR) is 23.0 cm³/mol. The van der Waals surface area contributed by atoms with Crippen molar-refractivity contribution in [3.63, 3.8) is 0 Å². The van der Waals surface area contributed by atoms with Gasteiger partial charge in [0.05, 0.1) is 0 Å². The van der Waals surface area contributed by atoms with Crippen LogP contribution in [0.2, 0.25) is 0 Å². The van der Waals surface area contributed by atoms with Crippen LogP contribution in [0.15, 0.2) is 0 Å². The Balaban J connectivity index is 4.13. The van der Waals surface area contributed by atoms with Crippen molar-refractivity contribution >= 4 is 0 Å². The van der Waals surface area contributed by atoms with Crippen LogP contribution in [0.25, 0.3) is 0 Å². The Morgan fingerprint density at radius 2 is 1.36 bits per heavy atom. The fraction of sp³-hybridized carbons (Fsp3) is 1.00. The highest BCUT2D eigenvalue weighted by molar-refractivity contribution is 4.76. The third kappa shape index (κ3) is 2.96. The van der Waals surface area contributed by atoms with Crippen molar-refractivity contribution in [2.45, 2.75) is 24.9 Å². The average molecular weight is 182 g/mol. The molecule has 0 amide bonds. The van der Waals surface area contributed by atoms with E-state index >= 15 is 0 Å². The van der Waals surface area contributed by atoms with Gasteiger partial charge in [0.2, 0.25) is 0 Å². The van der Waals surface area contributed by atoms with Crippen molar-refractivity contribution in [2.75, 3.05) is 0 Å². The number of hydrogen-bond donors (Lipinski definition) is 1. The minimum atomic E-state index is -5.34. The molecule has 68 valence electrons. The van der Waals surface area contributed by atoms with E-state index < -0.39 is 24.9 Å². The van der Waals surface area contributed by atoms with E-state index in [0.717, 1.165) is 0 Å². The molecule has 0 aromatic rings. The molecule has 0 bridgehead atoms. The van der Waals surface area contributed by atoms with Crippen LogP contribution in [0.1, 0.15) is 0 Å². The lowest BCUT2D eigenvalue weighted by molar-refractivity contribution is -0.233. The van der Waals surface area contributed by atoms with Crippen molar-refractivity contribution in [3.8, 4) is 0 Å². The Hall–Kier alpha value is -0.460. The number of halogens is 6. The van der Waals surface area contributed by atoms with Crippen molar-refractivity contribution in [2.24, 2.45) is 0 Å². The Morgan fingerprint density at radius 3 is 1.45 bits per heavy atom. The Kier molecular flexibility index (Phi) is 3.15. The zero-order valence-corrected chi connectivity index (χ0v) is 4.95. The van der Waals surface area contributed by atoms with Crippen LogP contribution in [-0.4, -0.2) is 30.0 Å². The highest BCUT2D eigenvalue weighted by Gasteiger charge is 2.47. The number of hydrogen-bond acceptors (Lipinski definition) is 1. The molecule has 2 atom stereocenters. The van der Waals surface area contributed by atoms with Gasteiger partial charge in [0.15, 0.2) is 12.3 Å². The van der Waals surface area contributed by atoms with Crippen LogP contribution >= 0.6 is 0 Å². The first-order valence-electron chi connectivity index (χ1n) is 2.44. The topological polar surface area (TPSA) is 20.2 Å². The standard InChI is InChI=1S/C4H4F6O/c5-1(3(6)7)2(11)4(8,9)10/h1-3,11H/t1-,2-/m1/s1. The third-order valence-corrected chi connectivity index (χ3v) is 0.878. The van der Waals surface area contributed by atoms with Crippen LogP contribution in [0.3, 0.4) is 0 Å². The maximum atomic E-state index is 11.7. The molecule has 0 spiro atoms. The first kappa shape index (κ1) is 10.5. The highest BCUT2D eigenvalue weighted by atomic mass is 19.4. The molecular formula is C4H4F6O. The van der Waals surface area contributed by atoms with Gasteiger partial charge in [0.25, 0.3) is 6.43 Å². The van der Waals surface area contributed by atoms with Gasteiger partial charge in [0, 0.05) is 0 Å². The lowest BCUT2D eigenvalue weighted by Crippen LogP contribution is -2.40. The minimum Gasteiger partial charge on any atom is -0.381 e. The maximum absolute atomic E-state index is 11.7. The van der Waals surface area contributed by atoms with Crippen LogP contribution in [0, 0.1) is 0 Å². The Morgan fingerprint density at radius 1 is 1.00 bits per heavy atom. The summed E-state index contributed by atoms with van der Waals surface area (Å²) in [6.45, 7) is 0. The smallest absolute Gasteiger partial charge is 0.381 e. The van der Waals surface area contributed by atoms with Gasteiger partial charge in [-0.1, -0.05) is 0 Å². The summed E-state index contributed by atoms with van der Waals surface area (Å²) in [6.07, 6.45) is -16.3. The minimum absolute atomic E-state index is 3.57. The molecule has 0 saturated heterocycles. The summed E-state index contributed by atoms with van der Waals surface area (Å²) in [6, 6.07) is 0. The third-order valence-electron chi connectivity index (χ3n) is 0.878. The van der Waals surface area contributed by atoms with Crippen LogP contribution in [0.5, 0.6) is 0 Å². The van der Waals surface area contributed by atoms with Gasteiger partial charge in [-0.15, -0.1) is 0 Å². The van der Waals surface area contributed by atoms with Crippen molar-refractivity contribution in [1.29, 1.82) is 0 Å². The van der Waals surface area contributed by atoms with Crippen LogP contribution < -0.4 is 0 Å². The molecule has 0 aliphatic rings. The lowest BCUT2D eigenvalue weighted by atomic mass is 10.2. The van der Waals surface area contributed by atoms with Gasteiger partial charge in [-0.3, -0.25) is 0 Å². The zero-order chi connectivity index (χ0) is 9.23. The summed E-state index contributed by atoms with van der Waals surface area (Å²) in [5, 5.41) is 7.84. The molecule has 0 unspecified atom stereocenters. The fourth-order valence-corrected chi connectivity index (χ4v) is 0.318. The molecule has 0 heterocycles. The van der Waals surface area contributed by atoms with Gasteiger partial charge in [0.1, 0.15) is 0 Å². The number of aliphatic hydroxyl groups excluding tert-OH is 1. The largest absolute Gasteiger partial charge is 0.417 e. The number of aliphatic hydroxyl groups is 1. The molecular weight excluding hydrogens is 178 g/mol. The van der Waals surface area contributed by atoms with Crippen LogP contribution in [0.4, 0.5) is 26.3 Å². The van der Waals surface area contributed by atoms with E-state index in [0.29, 0.717) is 0 Å². The molecule has 7 heteroatoms. The quantitative estimate of drug-likeness (QED) is 0.641. The van der Waals surface area contributed by atoms with Gasteiger partial charge in [-0.2, -0.15) is 13.2 Å². The molecule has 1 nitrogen and oxygen atoms in total. The van der Waals surface area contributed by atoms with E-state index in [1.54, 1.807) is 0 Å². The molecule has 0 aromatic carbocycles. The zero-order valence-electron chi connectivity index (χ0n) is 4.95. The van der Waals surface area contributed by atoms with Crippen molar-refractivity contribution in [1.82, 2.24) is 0 Å². The summed E-state index contributed by atoms with van der Waals surface area (Å²) in [4.78, 5) is 0. The predicted octanol–water partition coefficient (Wildman–Crippen LogP) is 1.51. The molecule has 0 fully saturated rings. The van der Waals surface area contributed by atoms with E-state index in [4.69, 9.17) is 5.11 Å². The number of rotatable bonds is 2. The molecule has 1 N–H and O–H groups in total. The second-order valence-corrected chi connectivity index (χ2v) is 1.77. The molecule has 0 aliphatic heterocycles. The van der Waals surface area contributed by atoms with Crippen molar-refractivity contribution < 1.29 is 31.4 Å². The highest BCUT2D eigenvalue weighted by Crippen LogP contribution is 2.26. The fourth-order valence-electron chi connectivity index (χ4n) is 0.318. The molecule has 0 aromatic heterocycles. The van der Waals surface area contributed by atoms with Gasteiger partial charge >= 0.3 is 6.18 Å². The Bertz CT molecular complexity index is 120. The second-order valence-electron chi connectivity index (χ2n) is 1.77. The molecule has 0 saturated carbocycles. The summed E-state index contributed by atoms with van der Waals surface area (Å²) in [5.41, 5.74) is 0. The molecule has 0 radical (unpaired) electrons. The number of alkyl halides is 6. The van der Waals surface area contributed by atoms with E-state index in [2.05, 4.69) is 0 Å². The normalized spacial score (nSPS) is 18.5. The maximum Gasteiger partial charge on any atom is 0.417 e.